The van der Waals surface area contributed by atoms with E-state index in [1.165, 1.54) is 12.1 Å². The van der Waals surface area contributed by atoms with Crippen LogP contribution in [0.2, 0.25) is 0 Å². The minimum atomic E-state index is -0.290. The second-order valence-electron chi connectivity index (χ2n) is 6.25. The highest BCUT2D eigenvalue weighted by Crippen LogP contribution is 2.25. The number of carbonyl (C=O) groups is 1. The van der Waals surface area contributed by atoms with Crippen LogP contribution in [0.3, 0.4) is 0 Å². The Morgan fingerprint density at radius 3 is 2.38 bits per heavy atom. The molecule has 1 atom stereocenters. The highest BCUT2D eigenvalue weighted by molar-refractivity contribution is 9.10. The van der Waals surface area contributed by atoms with Gasteiger partial charge >= 0.3 is 0 Å². The molecule has 0 bridgehead atoms. The fourth-order valence-electron chi connectivity index (χ4n) is 2.82. The first kappa shape index (κ1) is 18.3. The normalized spacial score (nSPS) is 11.8. The van der Waals surface area contributed by atoms with E-state index >= 15 is 0 Å². The number of benzene rings is 3. The van der Waals surface area contributed by atoms with Gasteiger partial charge in [0.2, 0.25) is 0 Å². The number of carbonyl (C=O) groups excluding carboxylic acids is 1. The molecule has 0 spiro atoms. The lowest BCUT2D eigenvalue weighted by Gasteiger charge is -2.20. The average molecular weight is 412 g/mol. The maximum absolute atomic E-state index is 13.3. The molecule has 1 unspecified atom stereocenters. The highest BCUT2D eigenvalue weighted by Gasteiger charge is 2.17. The van der Waals surface area contributed by atoms with Crippen LogP contribution in [0.1, 0.15) is 33.9 Å². The fourth-order valence-corrected chi connectivity index (χ4v) is 3.09. The molecule has 3 rings (SSSR count). The van der Waals surface area contributed by atoms with E-state index in [2.05, 4.69) is 21.2 Å². The first-order valence-electron chi connectivity index (χ1n) is 8.39. The van der Waals surface area contributed by atoms with Crippen molar-refractivity contribution < 1.29 is 9.18 Å². The largest absolute Gasteiger partial charge is 0.378 e. The number of hydrogen-bond donors (Lipinski definition) is 1. The van der Waals surface area contributed by atoms with Gasteiger partial charge in [0.25, 0.3) is 0 Å². The summed E-state index contributed by atoms with van der Waals surface area (Å²) in [7, 11) is 0. The van der Waals surface area contributed by atoms with E-state index in [1.807, 2.05) is 43.3 Å². The SMILES string of the molecule is Cc1cccc(NC(CC(=O)c2ccc(Br)cc2)c2ccc(F)cc2)c1. The van der Waals surface area contributed by atoms with Crippen LogP contribution < -0.4 is 5.32 Å². The molecule has 3 aromatic carbocycles. The minimum absolute atomic E-state index is 0.0342. The van der Waals surface area contributed by atoms with Crippen molar-refractivity contribution in [2.45, 2.75) is 19.4 Å². The number of rotatable bonds is 6. The third-order valence-electron chi connectivity index (χ3n) is 4.19. The van der Waals surface area contributed by atoms with Crippen LogP contribution in [0.4, 0.5) is 10.1 Å². The molecule has 132 valence electrons. The van der Waals surface area contributed by atoms with Crippen molar-refractivity contribution >= 4 is 27.4 Å². The van der Waals surface area contributed by atoms with Crippen molar-refractivity contribution in [3.05, 3.63) is 99.8 Å². The van der Waals surface area contributed by atoms with Crippen molar-refractivity contribution in [1.82, 2.24) is 0 Å². The molecule has 0 saturated carbocycles. The topological polar surface area (TPSA) is 29.1 Å². The zero-order valence-corrected chi connectivity index (χ0v) is 16.0. The van der Waals surface area contributed by atoms with Crippen LogP contribution in [0.15, 0.2) is 77.3 Å². The molecule has 0 aliphatic carbocycles. The lowest BCUT2D eigenvalue weighted by molar-refractivity contribution is 0.0976. The van der Waals surface area contributed by atoms with Gasteiger partial charge in [0, 0.05) is 22.1 Å². The van der Waals surface area contributed by atoms with Gasteiger partial charge < -0.3 is 5.32 Å². The molecule has 4 heteroatoms. The Labute approximate surface area is 161 Å². The summed E-state index contributed by atoms with van der Waals surface area (Å²) in [6, 6.07) is 21.3. The highest BCUT2D eigenvalue weighted by atomic mass is 79.9. The van der Waals surface area contributed by atoms with Crippen molar-refractivity contribution in [1.29, 1.82) is 0 Å². The number of ketones is 1. The van der Waals surface area contributed by atoms with Gasteiger partial charge in [-0.3, -0.25) is 4.79 Å². The number of anilines is 1. The van der Waals surface area contributed by atoms with Gasteiger partial charge in [-0.05, 0) is 54.4 Å². The van der Waals surface area contributed by atoms with Crippen molar-refractivity contribution in [3.8, 4) is 0 Å². The maximum Gasteiger partial charge on any atom is 0.165 e. The lowest BCUT2D eigenvalue weighted by Crippen LogP contribution is -2.16. The van der Waals surface area contributed by atoms with Gasteiger partial charge in [0.1, 0.15) is 5.82 Å². The molecule has 0 heterocycles. The van der Waals surface area contributed by atoms with Gasteiger partial charge in [0.05, 0.1) is 6.04 Å². The number of Topliss-reactive ketones (excluding diaryl/α,β-unsaturated/α-hetero) is 1. The Morgan fingerprint density at radius 2 is 1.73 bits per heavy atom. The zero-order chi connectivity index (χ0) is 18.5. The summed E-state index contributed by atoms with van der Waals surface area (Å²) in [4.78, 5) is 12.7. The minimum Gasteiger partial charge on any atom is -0.378 e. The molecule has 0 aliphatic heterocycles. The summed E-state index contributed by atoms with van der Waals surface area (Å²) in [5.74, 6) is -0.255. The van der Waals surface area contributed by atoms with E-state index in [1.54, 1.807) is 24.3 Å². The van der Waals surface area contributed by atoms with E-state index in [0.717, 1.165) is 21.3 Å². The third kappa shape index (κ3) is 4.79. The Kier molecular flexibility index (Phi) is 5.84. The Morgan fingerprint density at radius 1 is 1.04 bits per heavy atom. The first-order valence-corrected chi connectivity index (χ1v) is 9.18. The van der Waals surface area contributed by atoms with E-state index < -0.39 is 0 Å². The lowest BCUT2D eigenvalue weighted by atomic mass is 9.97. The third-order valence-corrected chi connectivity index (χ3v) is 4.72. The molecule has 3 aromatic rings. The summed E-state index contributed by atoms with van der Waals surface area (Å²) in [5.41, 5.74) is 3.60. The molecule has 0 fully saturated rings. The van der Waals surface area contributed by atoms with E-state index in [-0.39, 0.29) is 24.1 Å². The van der Waals surface area contributed by atoms with Crippen LogP contribution in [0.25, 0.3) is 0 Å². The van der Waals surface area contributed by atoms with Gasteiger partial charge in [-0.2, -0.15) is 0 Å². The van der Waals surface area contributed by atoms with Crippen molar-refractivity contribution in [3.63, 3.8) is 0 Å². The maximum atomic E-state index is 13.3. The predicted octanol–water partition coefficient (Wildman–Crippen LogP) is 6.32. The van der Waals surface area contributed by atoms with Crippen molar-refractivity contribution in [2.24, 2.45) is 0 Å². The van der Waals surface area contributed by atoms with Gasteiger partial charge in [-0.1, -0.05) is 52.3 Å². The van der Waals surface area contributed by atoms with Crippen LogP contribution in [-0.2, 0) is 0 Å². The van der Waals surface area contributed by atoms with Crippen LogP contribution in [-0.4, -0.2) is 5.78 Å². The van der Waals surface area contributed by atoms with Crippen LogP contribution in [0, 0.1) is 12.7 Å². The predicted molar refractivity (Wildman–Crippen MR) is 107 cm³/mol. The molecule has 2 nitrogen and oxygen atoms in total. The van der Waals surface area contributed by atoms with Gasteiger partial charge in [0.15, 0.2) is 5.78 Å². The molecule has 0 aromatic heterocycles. The molecule has 1 N–H and O–H groups in total. The summed E-state index contributed by atoms with van der Waals surface area (Å²) in [6.07, 6.45) is 0.279. The summed E-state index contributed by atoms with van der Waals surface area (Å²) < 4.78 is 14.2. The molecular weight excluding hydrogens is 393 g/mol. The smallest absolute Gasteiger partial charge is 0.165 e. The van der Waals surface area contributed by atoms with Gasteiger partial charge in [-0.25, -0.2) is 4.39 Å². The van der Waals surface area contributed by atoms with Crippen molar-refractivity contribution in [2.75, 3.05) is 5.32 Å². The zero-order valence-electron chi connectivity index (χ0n) is 14.4. The fraction of sp³-hybridized carbons (Fsp3) is 0.136. The standard InChI is InChI=1S/C22H19BrFNO/c1-15-3-2-4-20(13-15)25-21(16-7-11-19(24)12-8-16)14-22(26)17-5-9-18(23)10-6-17/h2-13,21,25H,14H2,1H3. The second-order valence-corrected chi connectivity index (χ2v) is 7.17. The average Bonchev–Trinajstić information content (AvgIpc) is 2.62. The van der Waals surface area contributed by atoms with Crippen LogP contribution >= 0.6 is 15.9 Å². The number of aryl methyl sites for hydroxylation is 1. The monoisotopic (exact) mass is 411 g/mol. The van der Waals surface area contributed by atoms with E-state index in [0.29, 0.717) is 5.56 Å². The molecule has 0 saturated heterocycles. The summed E-state index contributed by atoms with van der Waals surface area (Å²) in [6.45, 7) is 2.02. The second kappa shape index (κ2) is 8.28. The van der Waals surface area contributed by atoms with Gasteiger partial charge in [-0.15, -0.1) is 0 Å². The number of hydrogen-bond acceptors (Lipinski definition) is 2. The number of nitrogens with one attached hydrogen (secondary N) is 1. The molecule has 26 heavy (non-hydrogen) atoms. The molecular formula is C22H19BrFNO. The Balaban J connectivity index is 1.85. The summed E-state index contributed by atoms with van der Waals surface area (Å²) in [5, 5.41) is 3.42. The molecule has 0 aliphatic rings. The summed E-state index contributed by atoms with van der Waals surface area (Å²) >= 11 is 3.38. The Bertz CT molecular complexity index is 891. The van der Waals surface area contributed by atoms with E-state index in [4.69, 9.17) is 0 Å². The quantitative estimate of drug-likeness (QED) is 0.480. The molecule has 0 amide bonds. The Hall–Kier alpha value is -2.46. The first-order chi connectivity index (χ1) is 12.5. The number of halogens is 2. The van der Waals surface area contributed by atoms with Crippen LogP contribution in [0.5, 0.6) is 0 Å². The van der Waals surface area contributed by atoms with E-state index in [9.17, 15) is 9.18 Å². The molecule has 0 radical (unpaired) electrons.